The lowest BCUT2D eigenvalue weighted by atomic mass is 10.1. The molecule has 4 rings (SSSR count). The van der Waals surface area contributed by atoms with Crippen LogP contribution in [0.15, 0.2) is 54.7 Å². The van der Waals surface area contributed by atoms with E-state index in [9.17, 15) is 14.3 Å². The minimum absolute atomic E-state index is 0.285. The third kappa shape index (κ3) is 3.82. The molecule has 1 unspecified atom stereocenters. The van der Waals surface area contributed by atoms with Gasteiger partial charge in [-0.25, -0.2) is 9.07 Å². The summed E-state index contributed by atoms with van der Waals surface area (Å²) < 4.78 is 15.0. The Morgan fingerprint density at radius 1 is 1.18 bits per heavy atom. The number of aromatic nitrogens is 2. The molecule has 3 aromatic rings. The molecule has 144 valence electrons. The zero-order valence-corrected chi connectivity index (χ0v) is 15.7. The van der Waals surface area contributed by atoms with Crippen LogP contribution in [-0.4, -0.2) is 38.8 Å². The summed E-state index contributed by atoms with van der Waals surface area (Å²) in [6, 6.07) is 14.4. The summed E-state index contributed by atoms with van der Waals surface area (Å²) in [4.78, 5) is 13.4. The largest absolute Gasteiger partial charge is 0.481 e. The standard InChI is InChI=1S/C22H22FN3O2/c1-15-2-4-16(5-3-15)21-18(13-25-11-10-17(12-25)22(27)28)14-26(24-21)20-8-6-19(23)7-9-20/h2-9,14,17H,10-13H2,1H3,(H,27,28). The van der Waals surface area contributed by atoms with Crippen molar-refractivity contribution in [3.63, 3.8) is 0 Å². The van der Waals surface area contributed by atoms with E-state index in [1.54, 1.807) is 16.8 Å². The van der Waals surface area contributed by atoms with Crippen LogP contribution < -0.4 is 0 Å². The molecule has 0 aliphatic carbocycles. The molecule has 1 N–H and O–H groups in total. The normalized spacial score (nSPS) is 17.1. The Hall–Kier alpha value is -2.99. The fourth-order valence-electron chi connectivity index (χ4n) is 3.62. The number of hydrogen-bond donors (Lipinski definition) is 1. The Morgan fingerprint density at radius 3 is 2.54 bits per heavy atom. The monoisotopic (exact) mass is 379 g/mol. The third-order valence-electron chi connectivity index (χ3n) is 5.22. The number of benzene rings is 2. The third-order valence-corrected chi connectivity index (χ3v) is 5.22. The van der Waals surface area contributed by atoms with E-state index < -0.39 is 5.97 Å². The maximum Gasteiger partial charge on any atom is 0.307 e. The lowest BCUT2D eigenvalue weighted by Crippen LogP contribution is -2.22. The van der Waals surface area contributed by atoms with E-state index in [2.05, 4.69) is 4.90 Å². The SMILES string of the molecule is Cc1ccc(-c2nn(-c3ccc(F)cc3)cc2CN2CCC(C(=O)O)C2)cc1. The summed E-state index contributed by atoms with van der Waals surface area (Å²) in [5.41, 5.74) is 4.86. The van der Waals surface area contributed by atoms with E-state index in [1.165, 1.54) is 17.7 Å². The molecule has 6 heteroatoms. The molecule has 1 aliphatic rings. The van der Waals surface area contributed by atoms with Gasteiger partial charge < -0.3 is 5.11 Å². The first kappa shape index (κ1) is 18.4. The van der Waals surface area contributed by atoms with Gasteiger partial charge in [0.2, 0.25) is 0 Å². The van der Waals surface area contributed by atoms with Gasteiger partial charge in [-0.3, -0.25) is 9.69 Å². The van der Waals surface area contributed by atoms with Crippen molar-refractivity contribution in [2.45, 2.75) is 19.9 Å². The molecule has 2 aromatic carbocycles. The van der Waals surface area contributed by atoms with E-state index in [4.69, 9.17) is 5.10 Å². The van der Waals surface area contributed by atoms with Crippen LogP contribution in [0.25, 0.3) is 16.9 Å². The second-order valence-electron chi connectivity index (χ2n) is 7.35. The fourth-order valence-corrected chi connectivity index (χ4v) is 3.62. The van der Waals surface area contributed by atoms with Crippen LogP contribution in [0.4, 0.5) is 4.39 Å². The van der Waals surface area contributed by atoms with Crippen molar-refractivity contribution in [1.29, 1.82) is 0 Å². The van der Waals surface area contributed by atoms with Crippen molar-refractivity contribution in [1.82, 2.24) is 14.7 Å². The van der Waals surface area contributed by atoms with Gasteiger partial charge >= 0.3 is 5.97 Å². The number of rotatable bonds is 5. The Morgan fingerprint density at radius 2 is 1.89 bits per heavy atom. The Balaban J connectivity index is 1.67. The van der Waals surface area contributed by atoms with Crippen LogP contribution in [0.5, 0.6) is 0 Å². The minimum Gasteiger partial charge on any atom is -0.481 e. The number of hydrogen-bond acceptors (Lipinski definition) is 3. The summed E-state index contributed by atoms with van der Waals surface area (Å²) in [7, 11) is 0. The molecule has 5 nitrogen and oxygen atoms in total. The molecule has 1 saturated heterocycles. The van der Waals surface area contributed by atoms with Crippen LogP contribution in [-0.2, 0) is 11.3 Å². The number of nitrogens with zero attached hydrogens (tertiary/aromatic N) is 3. The van der Waals surface area contributed by atoms with E-state index in [0.717, 1.165) is 29.1 Å². The highest BCUT2D eigenvalue weighted by molar-refractivity contribution is 5.70. The first-order chi connectivity index (χ1) is 13.5. The molecule has 1 aromatic heterocycles. The quantitative estimate of drug-likeness (QED) is 0.731. The van der Waals surface area contributed by atoms with Gasteiger partial charge in [0.25, 0.3) is 0 Å². The van der Waals surface area contributed by atoms with Crippen molar-refractivity contribution in [3.05, 3.63) is 71.7 Å². The van der Waals surface area contributed by atoms with E-state index in [-0.39, 0.29) is 11.7 Å². The van der Waals surface area contributed by atoms with Crippen LogP contribution in [0.1, 0.15) is 17.5 Å². The predicted octanol–water partition coefficient (Wildman–Crippen LogP) is 3.89. The van der Waals surface area contributed by atoms with Crippen LogP contribution in [0.2, 0.25) is 0 Å². The molecule has 0 amide bonds. The van der Waals surface area contributed by atoms with Gasteiger partial charge in [0.15, 0.2) is 0 Å². The Labute approximate surface area is 163 Å². The van der Waals surface area contributed by atoms with Crippen molar-refractivity contribution in [3.8, 4) is 16.9 Å². The maximum absolute atomic E-state index is 13.3. The first-order valence-corrected chi connectivity index (χ1v) is 9.36. The zero-order valence-electron chi connectivity index (χ0n) is 15.7. The molecule has 1 aliphatic heterocycles. The summed E-state index contributed by atoms with van der Waals surface area (Å²) in [6.45, 7) is 3.97. The highest BCUT2D eigenvalue weighted by Crippen LogP contribution is 2.27. The molecular formula is C22H22FN3O2. The highest BCUT2D eigenvalue weighted by Gasteiger charge is 2.28. The molecule has 1 atom stereocenters. The van der Waals surface area contributed by atoms with Crippen molar-refractivity contribution in [2.24, 2.45) is 5.92 Å². The Bertz CT molecular complexity index is 980. The average molecular weight is 379 g/mol. The van der Waals surface area contributed by atoms with E-state index >= 15 is 0 Å². The predicted molar refractivity (Wildman–Crippen MR) is 105 cm³/mol. The summed E-state index contributed by atoms with van der Waals surface area (Å²) in [5.74, 6) is -1.33. The van der Waals surface area contributed by atoms with Crippen LogP contribution in [0.3, 0.4) is 0 Å². The molecule has 0 spiro atoms. The number of aliphatic carboxylic acids is 1. The fraction of sp³-hybridized carbons (Fsp3) is 0.273. The number of aryl methyl sites for hydroxylation is 1. The highest BCUT2D eigenvalue weighted by atomic mass is 19.1. The molecular weight excluding hydrogens is 357 g/mol. The van der Waals surface area contributed by atoms with Crippen LogP contribution >= 0.6 is 0 Å². The van der Waals surface area contributed by atoms with Crippen LogP contribution in [0, 0.1) is 18.7 Å². The second kappa shape index (κ2) is 7.56. The zero-order chi connectivity index (χ0) is 19.7. The molecule has 0 saturated carbocycles. The van der Waals surface area contributed by atoms with Crippen molar-refractivity contribution < 1.29 is 14.3 Å². The second-order valence-corrected chi connectivity index (χ2v) is 7.35. The number of carbonyl (C=O) groups is 1. The molecule has 0 bridgehead atoms. The Kier molecular flexibility index (Phi) is 4.96. The number of halogens is 1. The smallest absolute Gasteiger partial charge is 0.307 e. The first-order valence-electron chi connectivity index (χ1n) is 9.36. The maximum atomic E-state index is 13.3. The van der Waals surface area contributed by atoms with Gasteiger partial charge in [-0.2, -0.15) is 5.10 Å². The molecule has 2 heterocycles. The van der Waals surface area contributed by atoms with Crippen molar-refractivity contribution in [2.75, 3.05) is 13.1 Å². The van der Waals surface area contributed by atoms with Gasteiger partial charge in [0.05, 0.1) is 17.3 Å². The van der Waals surface area contributed by atoms with Gasteiger partial charge in [0.1, 0.15) is 5.82 Å². The molecule has 28 heavy (non-hydrogen) atoms. The average Bonchev–Trinajstić information content (AvgIpc) is 3.31. The lowest BCUT2D eigenvalue weighted by molar-refractivity contribution is -0.141. The molecule has 0 radical (unpaired) electrons. The van der Waals surface area contributed by atoms with E-state index in [0.29, 0.717) is 19.5 Å². The van der Waals surface area contributed by atoms with Gasteiger partial charge in [-0.05, 0) is 44.2 Å². The summed E-state index contributed by atoms with van der Waals surface area (Å²) in [6.07, 6.45) is 2.62. The van der Waals surface area contributed by atoms with Gasteiger partial charge in [-0.1, -0.05) is 29.8 Å². The minimum atomic E-state index is -0.733. The number of likely N-dealkylation sites (tertiary alicyclic amines) is 1. The number of carboxylic acid groups (broad SMARTS) is 1. The topological polar surface area (TPSA) is 58.4 Å². The van der Waals surface area contributed by atoms with Gasteiger partial charge in [0, 0.05) is 30.4 Å². The summed E-state index contributed by atoms with van der Waals surface area (Å²) >= 11 is 0. The lowest BCUT2D eigenvalue weighted by Gasteiger charge is -2.15. The molecule has 1 fully saturated rings. The summed E-state index contributed by atoms with van der Waals surface area (Å²) in [5, 5.41) is 14.0. The van der Waals surface area contributed by atoms with E-state index in [1.807, 2.05) is 37.4 Å². The van der Waals surface area contributed by atoms with Crippen molar-refractivity contribution >= 4 is 5.97 Å². The van der Waals surface area contributed by atoms with Gasteiger partial charge in [-0.15, -0.1) is 0 Å². The number of carboxylic acids is 1.